The highest BCUT2D eigenvalue weighted by Gasteiger charge is 2.41. The molecule has 0 bridgehead atoms. The molecule has 1 aliphatic heterocycles. The van der Waals surface area contributed by atoms with Crippen LogP contribution in [0.25, 0.3) is 0 Å². The largest absolute Gasteiger partial charge is 0.331 e. The van der Waals surface area contributed by atoms with E-state index in [0.717, 1.165) is 31.2 Å². The molecule has 0 radical (unpaired) electrons. The summed E-state index contributed by atoms with van der Waals surface area (Å²) in [7, 11) is 0. The van der Waals surface area contributed by atoms with E-state index in [1.807, 2.05) is 4.90 Å². The Bertz CT molecular complexity index is 514. The summed E-state index contributed by atoms with van der Waals surface area (Å²) in [6.45, 7) is 0. The van der Waals surface area contributed by atoms with E-state index < -0.39 is 6.43 Å². The lowest BCUT2D eigenvalue weighted by molar-refractivity contribution is -0.133. The van der Waals surface area contributed by atoms with E-state index in [0.29, 0.717) is 6.42 Å². The van der Waals surface area contributed by atoms with Crippen molar-refractivity contribution in [1.29, 1.82) is 0 Å². The molecule has 2 aliphatic rings. The number of rotatable bonds is 3. The number of carbonyl (C=O) groups excluding carboxylic acids is 1. The van der Waals surface area contributed by atoms with Crippen molar-refractivity contribution in [3.05, 3.63) is 35.4 Å². The standard InChI is InChI=1S/C16H20F2N2O/c17-16(18)11-6-4-10(5-7-11)15-13(19)2-1-3-14(21)20(15)12-8-9-12/h4-7,12-13,15-16H,1-3,8-9,19H2. The zero-order valence-corrected chi connectivity index (χ0v) is 11.8. The number of likely N-dealkylation sites (tertiary alicyclic amines) is 1. The van der Waals surface area contributed by atoms with Crippen LogP contribution in [-0.4, -0.2) is 22.9 Å². The van der Waals surface area contributed by atoms with Gasteiger partial charge in [0.05, 0.1) is 6.04 Å². The fourth-order valence-corrected chi connectivity index (χ4v) is 3.17. The van der Waals surface area contributed by atoms with Gasteiger partial charge in [0.15, 0.2) is 0 Å². The summed E-state index contributed by atoms with van der Waals surface area (Å²) in [6, 6.07) is 6.23. The van der Waals surface area contributed by atoms with Gasteiger partial charge in [0.2, 0.25) is 5.91 Å². The first-order valence-corrected chi connectivity index (χ1v) is 7.52. The maximum absolute atomic E-state index is 12.7. The van der Waals surface area contributed by atoms with E-state index in [-0.39, 0.29) is 29.6 Å². The Hall–Kier alpha value is -1.49. The second kappa shape index (κ2) is 5.72. The van der Waals surface area contributed by atoms with Crippen LogP contribution >= 0.6 is 0 Å². The van der Waals surface area contributed by atoms with Gasteiger partial charge in [-0.15, -0.1) is 0 Å². The molecule has 0 aromatic heterocycles. The van der Waals surface area contributed by atoms with E-state index in [4.69, 9.17) is 5.73 Å². The summed E-state index contributed by atoms with van der Waals surface area (Å²) in [4.78, 5) is 14.3. The molecule has 114 valence electrons. The third kappa shape index (κ3) is 2.93. The average Bonchev–Trinajstić information content (AvgIpc) is 3.28. The molecule has 0 spiro atoms. The normalized spacial score (nSPS) is 27.0. The average molecular weight is 294 g/mol. The third-order valence-corrected chi connectivity index (χ3v) is 4.39. The highest BCUT2D eigenvalue weighted by molar-refractivity contribution is 5.78. The summed E-state index contributed by atoms with van der Waals surface area (Å²) < 4.78 is 25.3. The zero-order chi connectivity index (χ0) is 15.0. The van der Waals surface area contributed by atoms with E-state index in [1.54, 1.807) is 12.1 Å². The summed E-state index contributed by atoms with van der Waals surface area (Å²) in [6.07, 6.45) is 1.69. The van der Waals surface area contributed by atoms with Crippen molar-refractivity contribution in [2.24, 2.45) is 5.73 Å². The number of nitrogens with two attached hydrogens (primary N) is 1. The lowest BCUT2D eigenvalue weighted by Gasteiger charge is -2.34. The predicted octanol–water partition coefficient (Wildman–Crippen LogP) is 3.17. The molecule has 1 aromatic carbocycles. The fourth-order valence-electron chi connectivity index (χ4n) is 3.17. The maximum Gasteiger partial charge on any atom is 0.263 e. The van der Waals surface area contributed by atoms with E-state index in [9.17, 15) is 13.6 Å². The number of hydrogen-bond donors (Lipinski definition) is 1. The summed E-state index contributed by atoms with van der Waals surface area (Å²) >= 11 is 0. The Balaban J connectivity index is 1.92. The molecule has 1 saturated carbocycles. The molecule has 2 atom stereocenters. The molecule has 1 aromatic rings. The van der Waals surface area contributed by atoms with Gasteiger partial charge in [0, 0.05) is 24.1 Å². The molecule has 1 aliphatic carbocycles. The van der Waals surface area contributed by atoms with Crippen LogP contribution in [0.3, 0.4) is 0 Å². The molecule has 2 unspecified atom stereocenters. The number of carbonyl (C=O) groups is 1. The van der Waals surface area contributed by atoms with Gasteiger partial charge in [0.25, 0.3) is 6.43 Å². The van der Waals surface area contributed by atoms with Crippen molar-refractivity contribution in [2.75, 3.05) is 0 Å². The minimum absolute atomic E-state index is 0.00485. The molecule has 1 saturated heterocycles. The van der Waals surface area contributed by atoms with E-state index in [2.05, 4.69) is 0 Å². The number of hydrogen-bond acceptors (Lipinski definition) is 2. The number of halogens is 2. The van der Waals surface area contributed by atoms with Crippen LogP contribution in [0, 0.1) is 0 Å². The number of amides is 1. The van der Waals surface area contributed by atoms with Crippen molar-refractivity contribution in [3.63, 3.8) is 0 Å². The second-order valence-electron chi connectivity index (χ2n) is 6.00. The molecule has 3 nitrogen and oxygen atoms in total. The van der Waals surface area contributed by atoms with Crippen molar-refractivity contribution < 1.29 is 13.6 Å². The second-order valence-corrected chi connectivity index (χ2v) is 6.00. The predicted molar refractivity (Wildman–Crippen MR) is 75.8 cm³/mol. The van der Waals surface area contributed by atoms with Gasteiger partial charge in [-0.25, -0.2) is 8.78 Å². The Morgan fingerprint density at radius 3 is 2.38 bits per heavy atom. The molecule has 1 heterocycles. The Labute approximate surface area is 123 Å². The summed E-state index contributed by atoms with van der Waals surface area (Å²) in [5, 5.41) is 0. The minimum Gasteiger partial charge on any atom is -0.331 e. The fraction of sp³-hybridized carbons (Fsp3) is 0.562. The first-order valence-electron chi connectivity index (χ1n) is 7.52. The van der Waals surface area contributed by atoms with Crippen LogP contribution in [0.5, 0.6) is 0 Å². The highest BCUT2D eigenvalue weighted by atomic mass is 19.3. The quantitative estimate of drug-likeness (QED) is 0.930. The Kier molecular flexibility index (Phi) is 3.93. The topological polar surface area (TPSA) is 46.3 Å². The van der Waals surface area contributed by atoms with E-state index >= 15 is 0 Å². The van der Waals surface area contributed by atoms with Crippen molar-refractivity contribution in [3.8, 4) is 0 Å². The van der Waals surface area contributed by atoms with Gasteiger partial charge in [-0.05, 0) is 31.2 Å². The smallest absolute Gasteiger partial charge is 0.263 e. The molecule has 5 heteroatoms. The van der Waals surface area contributed by atoms with Crippen LogP contribution in [-0.2, 0) is 4.79 Å². The van der Waals surface area contributed by atoms with Crippen molar-refractivity contribution in [1.82, 2.24) is 4.90 Å². The van der Waals surface area contributed by atoms with Crippen LogP contribution < -0.4 is 5.73 Å². The monoisotopic (exact) mass is 294 g/mol. The highest BCUT2D eigenvalue weighted by Crippen LogP contribution is 2.39. The number of nitrogens with zero attached hydrogens (tertiary/aromatic N) is 1. The van der Waals surface area contributed by atoms with Gasteiger partial charge < -0.3 is 10.6 Å². The molecule has 2 N–H and O–H groups in total. The first-order chi connectivity index (χ1) is 10.1. The lowest BCUT2D eigenvalue weighted by Crippen LogP contribution is -2.43. The molecule has 21 heavy (non-hydrogen) atoms. The SMILES string of the molecule is NC1CCCC(=O)N(C2CC2)C1c1ccc(C(F)F)cc1. The van der Waals surface area contributed by atoms with Crippen LogP contribution in [0.2, 0.25) is 0 Å². The maximum atomic E-state index is 12.7. The first kappa shape index (κ1) is 14.4. The minimum atomic E-state index is -2.47. The zero-order valence-electron chi connectivity index (χ0n) is 11.8. The molecule has 1 amide bonds. The molecule has 3 rings (SSSR count). The van der Waals surface area contributed by atoms with Crippen molar-refractivity contribution in [2.45, 2.75) is 56.7 Å². The molecular formula is C16H20F2N2O. The van der Waals surface area contributed by atoms with Gasteiger partial charge in [-0.3, -0.25) is 4.79 Å². The van der Waals surface area contributed by atoms with Crippen LogP contribution in [0.15, 0.2) is 24.3 Å². The number of alkyl halides is 2. The number of benzene rings is 1. The Morgan fingerprint density at radius 2 is 1.81 bits per heavy atom. The van der Waals surface area contributed by atoms with Gasteiger partial charge in [0.1, 0.15) is 0 Å². The van der Waals surface area contributed by atoms with Crippen LogP contribution in [0.4, 0.5) is 8.78 Å². The van der Waals surface area contributed by atoms with Crippen LogP contribution in [0.1, 0.15) is 55.7 Å². The van der Waals surface area contributed by atoms with E-state index in [1.165, 1.54) is 12.1 Å². The van der Waals surface area contributed by atoms with Crippen molar-refractivity contribution >= 4 is 5.91 Å². The lowest BCUT2D eigenvalue weighted by atomic mass is 9.95. The summed E-state index contributed by atoms with van der Waals surface area (Å²) in [5.41, 5.74) is 7.16. The Morgan fingerprint density at radius 1 is 1.14 bits per heavy atom. The molecular weight excluding hydrogens is 274 g/mol. The van der Waals surface area contributed by atoms with Gasteiger partial charge >= 0.3 is 0 Å². The van der Waals surface area contributed by atoms with Gasteiger partial charge in [-0.1, -0.05) is 24.3 Å². The van der Waals surface area contributed by atoms with Gasteiger partial charge in [-0.2, -0.15) is 0 Å². The molecule has 2 fully saturated rings. The third-order valence-electron chi connectivity index (χ3n) is 4.39. The summed E-state index contributed by atoms with van der Waals surface area (Å²) in [5.74, 6) is 0.147.